The highest BCUT2D eigenvalue weighted by atomic mass is 16.5. The average molecular weight is 371 g/mol. The van der Waals surface area contributed by atoms with Crippen molar-refractivity contribution in [2.75, 3.05) is 12.4 Å². The third kappa shape index (κ3) is 3.18. The average Bonchev–Trinajstić information content (AvgIpc) is 3.00. The number of benzene rings is 3. The summed E-state index contributed by atoms with van der Waals surface area (Å²) in [4.78, 5) is 26.3. The fourth-order valence-corrected chi connectivity index (χ4v) is 3.88. The molecule has 4 rings (SSSR count). The molecule has 1 aliphatic heterocycles. The molecule has 4 nitrogen and oxygen atoms in total. The second kappa shape index (κ2) is 7.31. The Morgan fingerprint density at radius 1 is 0.929 bits per heavy atom. The van der Waals surface area contributed by atoms with Crippen LogP contribution >= 0.6 is 0 Å². The van der Waals surface area contributed by atoms with Crippen molar-refractivity contribution in [2.45, 2.75) is 18.3 Å². The zero-order chi connectivity index (χ0) is 19.6. The molecule has 0 spiro atoms. The Hall–Kier alpha value is -3.40. The van der Waals surface area contributed by atoms with E-state index in [9.17, 15) is 9.59 Å². The van der Waals surface area contributed by atoms with Gasteiger partial charge in [-0.1, -0.05) is 48.5 Å². The van der Waals surface area contributed by atoms with Crippen molar-refractivity contribution in [1.29, 1.82) is 0 Å². The summed E-state index contributed by atoms with van der Waals surface area (Å²) < 4.78 is 5.17. The van der Waals surface area contributed by atoms with E-state index in [0.717, 1.165) is 16.8 Å². The van der Waals surface area contributed by atoms with E-state index in [1.807, 2.05) is 54.6 Å². The molecule has 4 heteroatoms. The van der Waals surface area contributed by atoms with Gasteiger partial charge >= 0.3 is 0 Å². The van der Waals surface area contributed by atoms with Gasteiger partial charge in [0.1, 0.15) is 5.75 Å². The minimum atomic E-state index is -0.922. The first-order chi connectivity index (χ1) is 13.6. The molecule has 1 amide bonds. The molecule has 0 unspecified atom stereocenters. The Bertz CT molecular complexity index is 1010. The van der Waals surface area contributed by atoms with E-state index >= 15 is 0 Å². The first-order valence-corrected chi connectivity index (χ1v) is 9.24. The maximum absolute atomic E-state index is 13.1. The van der Waals surface area contributed by atoms with Gasteiger partial charge in [0.25, 0.3) is 0 Å². The second-order valence-electron chi connectivity index (χ2n) is 7.07. The number of methoxy groups -OCH3 is 1. The van der Waals surface area contributed by atoms with Crippen molar-refractivity contribution in [3.63, 3.8) is 0 Å². The van der Waals surface area contributed by atoms with Crippen molar-refractivity contribution in [1.82, 2.24) is 0 Å². The molecule has 1 heterocycles. The van der Waals surface area contributed by atoms with Crippen LogP contribution in [0.25, 0.3) is 0 Å². The Kier molecular flexibility index (Phi) is 4.70. The molecule has 0 aliphatic carbocycles. The first kappa shape index (κ1) is 18.0. The normalized spacial score (nSPS) is 17.7. The van der Waals surface area contributed by atoms with E-state index in [0.29, 0.717) is 17.7 Å². The number of amides is 1. The van der Waals surface area contributed by atoms with E-state index in [1.54, 1.807) is 31.4 Å². The summed E-state index contributed by atoms with van der Waals surface area (Å²) in [7, 11) is 1.59. The van der Waals surface area contributed by atoms with Crippen LogP contribution in [0, 0.1) is 0 Å². The molecule has 0 saturated carbocycles. The molecule has 28 heavy (non-hydrogen) atoms. The minimum absolute atomic E-state index is 0.0644. The lowest BCUT2D eigenvalue weighted by Gasteiger charge is -2.27. The van der Waals surface area contributed by atoms with Gasteiger partial charge in [-0.25, -0.2) is 0 Å². The number of ketones is 1. The molecule has 0 aromatic heterocycles. The summed E-state index contributed by atoms with van der Waals surface area (Å²) in [5.41, 5.74) is 2.34. The number of rotatable bonds is 6. The van der Waals surface area contributed by atoms with E-state index in [1.165, 1.54) is 0 Å². The van der Waals surface area contributed by atoms with E-state index in [4.69, 9.17) is 4.74 Å². The molecular weight excluding hydrogens is 350 g/mol. The van der Waals surface area contributed by atoms with Gasteiger partial charge in [-0.15, -0.1) is 0 Å². The Balaban J connectivity index is 1.73. The Morgan fingerprint density at radius 2 is 1.61 bits per heavy atom. The highest BCUT2D eigenvalue weighted by Crippen LogP contribution is 2.43. The summed E-state index contributed by atoms with van der Waals surface area (Å²) >= 11 is 0. The van der Waals surface area contributed by atoms with Crippen molar-refractivity contribution in [3.8, 4) is 5.75 Å². The number of hydrogen-bond acceptors (Lipinski definition) is 3. The van der Waals surface area contributed by atoms with Gasteiger partial charge in [-0.2, -0.15) is 0 Å². The highest BCUT2D eigenvalue weighted by Gasteiger charge is 2.48. The maximum atomic E-state index is 13.1. The summed E-state index contributed by atoms with van der Waals surface area (Å²) in [5, 5.41) is 2.97. The smallest absolute Gasteiger partial charge is 0.235 e. The summed E-state index contributed by atoms with van der Waals surface area (Å²) in [5.74, 6) is 0.504. The van der Waals surface area contributed by atoms with E-state index < -0.39 is 5.41 Å². The number of carbonyl (C=O) groups excluding carboxylic acids is 2. The lowest BCUT2D eigenvalue weighted by molar-refractivity contribution is -0.120. The molecule has 0 fully saturated rings. The zero-order valence-electron chi connectivity index (χ0n) is 15.6. The van der Waals surface area contributed by atoms with Gasteiger partial charge in [0.15, 0.2) is 5.78 Å². The number of para-hydroxylation sites is 1. The van der Waals surface area contributed by atoms with Crippen LogP contribution < -0.4 is 10.1 Å². The predicted molar refractivity (Wildman–Crippen MR) is 109 cm³/mol. The topological polar surface area (TPSA) is 55.4 Å². The molecule has 140 valence electrons. The van der Waals surface area contributed by atoms with Gasteiger partial charge in [0, 0.05) is 17.7 Å². The molecule has 1 atom stereocenters. The Labute approximate surface area is 164 Å². The number of nitrogens with one attached hydrogen (secondary N) is 1. The number of fused-ring (bicyclic) bond motifs is 1. The summed E-state index contributed by atoms with van der Waals surface area (Å²) in [6.07, 6.45) is 0.579. The molecule has 0 bridgehead atoms. The quantitative estimate of drug-likeness (QED) is 0.654. The Morgan fingerprint density at radius 3 is 2.32 bits per heavy atom. The van der Waals surface area contributed by atoms with Crippen LogP contribution in [0.5, 0.6) is 5.75 Å². The third-order valence-electron chi connectivity index (χ3n) is 5.35. The number of anilines is 1. The van der Waals surface area contributed by atoms with Crippen LogP contribution in [0.4, 0.5) is 5.69 Å². The standard InChI is InChI=1S/C24H21NO3/c1-28-19-13-11-18(12-14-19)22(26)16-24(15-17-7-3-2-4-8-17)20-9-5-6-10-21(20)25-23(24)27/h2-14H,15-16H2,1H3,(H,25,27)/t24-/m0/s1. The zero-order valence-corrected chi connectivity index (χ0v) is 15.6. The predicted octanol–water partition coefficient (Wildman–Crippen LogP) is 4.40. The van der Waals surface area contributed by atoms with Crippen LogP contribution in [0.2, 0.25) is 0 Å². The number of carbonyl (C=O) groups is 2. The monoisotopic (exact) mass is 371 g/mol. The minimum Gasteiger partial charge on any atom is -0.497 e. The van der Waals surface area contributed by atoms with E-state index in [-0.39, 0.29) is 18.1 Å². The summed E-state index contributed by atoms with van der Waals surface area (Å²) in [6.45, 7) is 0. The van der Waals surface area contributed by atoms with Crippen molar-refractivity contribution < 1.29 is 14.3 Å². The molecule has 3 aromatic rings. The fraction of sp³-hybridized carbons (Fsp3) is 0.167. The third-order valence-corrected chi connectivity index (χ3v) is 5.35. The molecular formula is C24H21NO3. The van der Waals surface area contributed by atoms with Crippen LogP contribution in [0.15, 0.2) is 78.9 Å². The van der Waals surface area contributed by atoms with Crippen LogP contribution in [-0.4, -0.2) is 18.8 Å². The fourth-order valence-electron chi connectivity index (χ4n) is 3.88. The molecule has 1 aliphatic rings. The van der Waals surface area contributed by atoms with Crippen molar-refractivity contribution >= 4 is 17.4 Å². The van der Waals surface area contributed by atoms with Crippen molar-refractivity contribution in [2.24, 2.45) is 0 Å². The summed E-state index contributed by atoms with van der Waals surface area (Å²) in [6, 6.07) is 24.5. The van der Waals surface area contributed by atoms with Crippen molar-refractivity contribution in [3.05, 3.63) is 95.6 Å². The molecule has 0 radical (unpaired) electrons. The number of ether oxygens (including phenoxy) is 1. The van der Waals surface area contributed by atoms with E-state index in [2.05, 4.69) is 5.32 Å². The van der Waals surface area contributed by atoms with Crippen LogP contribution in [0.3, 0.4) is 0 Å². The first-order valence-electron chi connectivity index (χ1n) is 9.24. The van der Waals surface area contributed by atoms with Crippen LogP contribution in [0.1, 0.15) is 27.9 Å². The largest absolute Gasteiger partial charge is 0.497 e. The lowest BCUT2D eigenvalue weighted by atomic mass is 9.72. The molecule has 1 N–H and O–H groups in total. The number of hydrogen-bond donors (Lipinski definition) is 1. The number of Topliss-reactive ketones (excluding diaryl/α,β-unsaturated/α-hetero) is 1. The molecule has 0 saturated heterocycles. The van der Waals surface area contributed by atoms with Gasteiger partial charge < -0.3 is 10.1 Å². The second-order valence-corrected chi connectivity index (χ2v) is 7.07. The van der Waals surface area contributed by atoms with Crippen LogP contribution in [-0.2, 0) is 16.6 Å². The lowest BCUT2D eigenvalue weighted by Crippen LogP contribution is -2.39. The van der Waals surface area contributed by atoms with Gasteiger partial charge in [0.05, 0.1) is 12.5 Å². The van der Waals surface area contributed by atoms with Gasteiger partial charge in [-0.3, -0.25) is 9.59 Å². The van der Waals surface area contributed by atoms with Gasteiger partial charge in [-0.05, 0) is 47.9 Å². The maximum Gasteiger partial charge on any atom is 0.235 e. The van der Waals surface area contributed by atoms with Gasteiger partial charge in [0.2, 0.25) is 5.91 Å². The molecule has 3 aromatic carbocycles. The highest BCUT2D eigenvalue weighted by molar-refractivity contribution is 6.10. The SMILES string of the molecule is COc1ccc(C(=O)C[C@]2(Cc3ccccc3)C(=O)Nc3ccccc32)cc1.